The van der Waals surface area contributed by atoms with Crippen LogP contribution in [0.1, 0.15) is 0 Å². The van der Waals surface area contributed by atoms with Crippen molar-refractivity contribution in [3.63, 3.8) is 0 Å². The lowest BCUT2D eigenvalue weighted by molar-refractivity contribution is 0.669. The van der Waals surface area contributed by atoms with Crippen LogP contribution in [0.4, 0.5) is 0 Å². The molecule has 3 nitrogen and oxygen atoms in total. The third kappa shape index (κ3) is 2.87. The van der Waals surface area contributed by atoms with E-state index in [1.54, 1.807) is 0 Å². The highest BCUT2D eigenvalue weighted by Crippen LogP contribution is 2.47. The second-order valence-electron chi connectivity index (χ2n) is 11.2. The first kappa shape index (κ1) is 22.1. The average Bonchev–Trinajstić information content (AvgIpc) is 3.69. The maximum Gasteiger partial charge on any atom is 0.135 e. The van der Waals surface area contributed by atoms with E-state index in [1.807, 2.05) is 18.3 Å². The Labute approximate surface area is 240 Å². The molecule has 0 radical (unpaired) electrons. The fourth-order valence-corrected chi connectivity index (χ4v) is 7.11. The van der Waals surface area contributed by atoms with E-state index in [2.05, 4.69) is 120 Å². The Bertz CT molecular complexity index is 2580. The smallest absolute Gasteiger partial charge is 0.135 e. The molecule has 3 aromatic heterocycles. The second kappa shape index (κ2) is 7.96. The third-order valence-electron chi connectivity index (χ3n) is 8.96. The fraction of sp³-hybridized carbons (Fsp3) is 0. The number of hydrogen-bond acceptors (Lipinski definition) is 2. The Morgan fingerprint density at radius 1 is 0.500 bits per heavy atom. The van der Waals surface area contributed by atoms with Gasteiger partial charge in [0.2, 0.25) is 0 Å². The Hall–Kier alpha value is -5.67. The zero-order valence-electron chi connectivity index (χ0n) is 22.5. The van der Waals surface area contributed by atoms with Crippen LogP contribution in [0.25, 0.3) is 93.7 Å². The molecule has 0 saturated heterocycles. The lowest BCUT2D eigenvalue weighted by Crippen LogP contribution is -1.95. The molecule has 1 aliphatic carbocycles. The zero-order valence-corrected chi connectivity index (χ0v) is 22.5. The van der Waals surface area contributed by atoms with Crippen molar-refractivity contribution in [2.24, 2.45) is 0 Å². The highest BCUT2D eigenvalue weighted by molar-refractivity contribution is 6.16. The van der Waals surface area contributed by atoms with Crippen LogP contribution >= 0.6 is 0 Å². The van der Waals surface area contributed by atoms with Crippen molar-refractivity contribution in [2.75, 3.05) is 0 Å². The first-order chi connectivity index (χ1) is 20.8. The Morgan fingerprint density at radius 3 is 2.14 bits per heavy atom. The number of benzene rings is 6. The number of rotatable bonds is 2. The lowest BCUT2D eigenvalue weighted by Gasteiger charge is -2.12. The number of hydrogen-bond donors (Lipinski definition) is 0. The number of pyridine rings is 1. The van der Waals surface area contributed by atoms with Crippen LogP contribution in [0.2, 0.25) is 0 Å². The van der Waals surface area contributed by atoms with Crippen LogP contribution in [0.15, 0.2) is 138 Å². The van der Waals surface area contributed by atoms with Crippen LogP contribution in [0, 0.1) is 0 Å². The highest BCUT2D eigenvalue weighted by atomic mass is 16.3. The first-order valence-corrected chi connectivity index (χ1v) is 14.3. The molecule has 3 heteroatoms. The van der Waals surface area contributed by atoms with Gasteiger partial charge in [-0.2, -0.15) is 0 Å². The maximum absolute atomic E-state index is 6.09. The SMILES string of the molecule is c1ccc2c(c1)-c1cc(-n3c4ccccc4c4cc(-c5ccc6oc7ccccc7c6c5)ccc43)cc3ccnc-2c13. The molecule has 1 aliphatic rings. The third-order valence-corrected chi connectivity index (χ3v) is 8.96. The van der Waals surface area contributed by atoms with Crippen molar-refractivity contribution in [3.8, 4) is 39.2 Å². The van der Waals surface area contributed by atoms with E-state index in [0.717, 1.165) is 33.3 Å². The van der Waals surface area contributed by atoms with Gasteiger partial charge < -0.3 is 8.98 Å². The minimum Gasteiger partial charge on any atom is -0.456 e. The van der Waals surface area contributed by atoms with Gasteiger partial charge in [-0.25, -0.2) is 0 Å². The molecule has 0 N–H and O–H groups in total. The summed E-state index contributed by atoms with van der Waals surface area (Å²) < 4.78 is 8.51. The molecule has 9 aromatic rings. The summed E-state index contributed by atoms with van der Waals surface area (Å²) in [5, 5.41) is 7.24. The van der Waals surface area contributed by atoms with Crippen LogP contribution in [0.5, 0.6) is 0 Å². The molecule has 0 spiro atoms. The van der Waals surface area contributed by atoms with Crippen molar-refractivity contribution in [3.05, 3.63) is 134 Å². The predicted octanol–water partition coefficient (Wildman–Crippen LogP) is 10.5. The molecular weight excluding hydrogens is 512 g/mol. The summed E-state index contributed by atoms with van der Waals surface area (Å²) >= 11 is 0. The molecule has 0 atom stereocenters. The number of para-hydroxylation sites is 2. The molecule has 3 heterocycles. The van der Waals surface area contributed by atoms with Crippen molar-refractivity contribution in [1.29, 1.82) is 0 Å². The van der Waals surface area contributed by atoms with Crippen LogP contribution in [-0.4, -0.2) is 9.55 Å². The summed E-state index contributed by atoms with van der Waals surface area (Å²) in [6.07, 6.45) is 1.94. The molecular formula is C39H22N2O. The highest BCUT2D eigenvalue weighted by Gasteiger charge is 2.24. The van der Waals surface area contributed by atoms with Crippen LogP contribution in [-0.2, 0) is 0 Å². The molecule has 194 valence electrons. The maximum atomic E-state index is 6.09. The largest absolute Gasteiger partial charge is 0.456 e. The second-order valence-corrected chi connectivity index (χ2v) is 11.2. The van der Waals surface area contributed by atoms with Gasteiger partial charge in [-0.3, -0.25) is 4.98 Å². The lowest BCUT2D eigenvalue weighted by atomic mass is 10.0. The molecule has 0 aliphatic heterocycles. The average molecular weight is 535 g/mol. The first-order valence-electron chi connectivity index (χ1n) is 14.3. The summed E-state index contributed by atoms with van der Waals surface area (Å²) in [6, 6.07) is 45.8. The van der Waals surface area contributed by atoms with Gasteiger partial charge >= 0.3 is 0 Å². The van der Waals surface area contributed by atoms with Gasteiger partial charge in [0.05, 0.1) is 16.7 Å². The molecule has 10 rings (SSSR count). The quantitative estimate of drug-likeness (QED) is 0.221. The van der Waals surface area contributed by atoms with Crippen molar-refractivity contribution in [2.45, 2.75) is 0 Å². The Balaban J connectivity index is 1.22. The van der Waals surface area contributed by atoms with E-state index in [0.29, 0.717) is 0 Å². The number of furan rings is 1. The molecule has 42 heavy (non-hydrogen) atoms. The van der Waals surface area contributed by atoms with Crippen molar-refractivity contribution < 1.29 is 4.42 Å². The minimum absolute atomic E-state index is 0.919. The summed E-state index contributed by atoms with van der Waals surface area (Å²) in [4.78, 5) is 4.77. The predicted molar refractivity (Wildman–Crippen MR) is 173 cm³/mol. The van der Waals surface area contributed by atoms with E-state index in [1.165, 1.54) is 60.4 Å². The Kier molecular flexibility index (Phi) is 4.18. The number of aromatic nitrogens is 2. The van der Waals surface area contributed by atoms with Gasteiger partial charge in [-0.05, 0) is 82.2 Å². The number of fused-ring (bicyclic) bond motifs is 9. The van der Waals surface area contributed by atoms with Crippen molar-refractivity contribution >= 4 is 54.5 Å². The summed E-state index contributed by atoms with van der Waals surface area (Å²) in [5.74, 6) is 0. The van der Waals surface area contributed by atoms with E-state index in [4.69, 9.17) is 9.40 Å². The molecule has 0 bridgehead atoms. The Morgan fingerprint density at radius 2 is 1.21 bits per heavy atom. The summed E-state index contributed by atoms with van der Waals surface area (Å²) in [7, 11) is 0. The summed E-state index contributed by atoms with van der Waals surface area (Å²) in [6.45, 7) is 0. The molecule has 0 amide bonds. The minimum atomic E-state index is 0.919. The van der Waals surface area contributed by atoms with Gasteiger partial charge in [-0.15, -0.1) is 0 Å². The topological polar surface area (TPSA) is 31.0 Å². The molecule has 0 saturated carbocycles. The number of nitrogens with zero attached hydrogens (tertiary/aromatic N) is 2. The molecule has 0 fully saturated rings. The van der Waals surface area contributed by atoms with E-state index in [-0.39, 0.29) is 0 Å². The zero-order chi connectivity index (χ0) is 27.4. The van der Waals surface area contributed by atoms with Crippen LogP contribution in [0.3, 0.4) is 0 Å². The van der Waals surface area contributed by atoms with Crippen LogP contribution < -0.4 is 0 Å². The van der Waals surface area contributed by atoms with Gasteiger partial charge in [0.25, 0.3) is 0 Å². The van der Waals surface area contributed by atoms with Crippen molar-refractivity contribution in [1.82, 2.24) is 9.55 Å². The van der Waals surface area contributed by atoms with E-state index in [9.17, 15) is 0 Å². The van der Waals surface area contributed by atoms with Gasteiger partial charge in [0, 0.05) is 44.4 Å². The van der Waals surface area contributed by atoms with E-state index < -0.39 is 0 Å². The standard InChI is InChI=1S/C39H22N2O/c1-2-10-30-27(7-1)33-22-26(19-25-17-18-40-39(30)38(25)33)41-34-11-5-3-8-28(34)31-20-23(13-15-35(31)41)24-14-16-37-32(21-24)29-9-4-6-12-36(29)42-37/h1-22H. The molecule has 0 unspecified atom stereocenters. The van der Waals surface area contributed by atoms with Gasteiger partial charge in [0.1, 0.15) is 11.2 Å². The fourth-order valence-electron chi connectivity index (χ4n) is 7.11. The van der Waals surface area contributed by atoms with Gasteiger partial charge in [-0.1, -0.05) is 72.8 Å². The van der Waals surface area contributed by atoms with E-state index >= 15 is 0 Å². The molecule has 6 aromatic carbocycles. The monoisotopic (exact) mass is 534 g/mol. The summed E-state index contributed by atoms with van der Waals surface area (Å²) in [5.41, 5.74) is 12.6. The normalized spacial score (nSPS) is 12.3. The van der Waals surface area contributed by atoms with Gasteiger partial charge in [0.15, 0.2) is 0 Å².